The highest BCUT2D eigenvalue weighted by Gasteiger charge is 2.28. The van der Waals surface area contributed by atoms with Crippen molar-refractivity contribution in [2.45, 2.75) is 32.7 Å². The molecule has 0 atom stereocenters. The molecule has 0 radical (unpaired) electrons. The number of alkyl halides is 3. The number of nitrogens with zero attached hydrogens (tertiary/aromatic N) is 2. The maximum atomic E-state index is 12.2. The molecule has 0 amide bonds. The molecule has 30 heavy (non-hydrogen) atoms. The first-order chi connectivity index (χ1) is 14.2. The number of hydrogen-bond acceptors (Lipinski definition) is 3. The molecule has 0 saturated carbocycles. The molecule has 0 spiro atoms. The lowest BCUT2D eigenvalue weighted by atomic mass is 10.1. The van der Waals surface area contributed by atoms with Crippen LogP contribution in [0.1, 0.15) is 23.6 Å². The summed E-state index contributed by atoms with van der Waals surface area (Å²) in [6.45, 7) is 3.35. The van der Waals surface area contributed by atoms with Crippen molar-refractivity contribution in [2.75, 3.05) is 27.2 Å². The van der Waals surface area contributed by atoms with Crippen LogP contribution in [-0.2, 0) is 19.6 Å². The SMILES string of the molecule is CCNC(=NCc1ccc(OCC(F)(F)F)cc1)NCc1ccc(CN(C)C)cc1. The number of halogens is 3. The normalized spacial score (nSPS) is 12.2. The van der Waals surface area contributed by atoms with Gasteiger partial charge in [0.2, 0.25) is 0 Å². The van der Waals surface area contributed by atoms with Gasteiger partial charge in [-0.3, -0.25) is 0 Å². The third-order valence-electron chi connectivity index (χ3n) is 4.07. The molecule has 0 bridgehead atoms. The fraction of sp³-hybridized carbons (Fsp3) is 0.409. The van der Waals surface area contributed by atoms with Crippen LogP contribution in [0.15, 0.2) is 53.5 Å². The molecule has 5 nitrogen and oxygen atoms in total. The van der Waals surface area contributed by atoms with Crippen molar-refractivity contribution in [1.29, 1.82) is 0 Å². The predicted octanol–water partition coefficient (Wildman–Crippen LogP) is 3.94. The number of benzene rings is 2. The van der Waals surface area contributed by atoms with Gasteiger partial charge in [-0.05, 0) is 49.8 Å². The molecule has 0 unspecified atom stereocenters. The highest BCUT2D eigenvalue weighted by molar-refractivity contribution is 5.79. The van der Waals surface area contributed by atoms with Gasteiger partial charge in [-0.1, -0.05) is 36.4 Å². The third-order valence-corrected chi connectivity index (χ3v) is 4.07. The smallest absolute Gasteiger partial charge is 0.422 e. The van der Waals surface area contributed by atoms with Gasteiger partial charge >= 0.3 is 6.18 Å². The second-order valence-electron chi connectivity index (χ2n) is 7.15. The lowest BCUT2D eigenvalue weighted by Gasteiger charge is -2.13. The van der Waals surface area contributed by atoms with Gasteiger partial charge in [0.1, 0.15) is 5.75 Å². The van der Waals surface area contributed by atoms with Crippen LogP contribution in [0.5, 0.6) is 5.75 Å². The standard InChI is InChI=1S/C22H29F3N4O/c1-4-26-21(27-13-17-5-7-19(8-6-17)15-29(2)3)28-14-18-9-11-20(12-10-18)30-16-22(23,24)25/h5-12H,4,13-16H2,1-3H3,(H2,26,27,28). The lowest BCUT2D eigenvalue weighted by Crippen LogP contribution is -2.36. The molecule has 2 N–H and O–H groups in total. The molecule has 164 valence electrons. The van der Waals surface area contributed by atoms with E-state index >= 15 is 0 Å². The van der Waals surface area contributed by atoms with E-state index in [1.54, 1.807) is 12.1 Å². The van der Waals surface area contributed by atoms with Crippen LogP contribution in [0.4, 0.5) is 13.2 Å². The van der Waals surface area contributed by atoms with E-state index in [0.29, 0.717) is 19.0 Å². The number of hydrogen-bond donors (Lipinski definition) is 2. The van der Waals surface area contributed by atoms with E-state index in [9.17, 15) is 13.2 Å². The second kappa shape index (κ2) is 11.4. The quantitative estimate of drug-likeness (QED) is 0.475. The van der Waals surface area contributed by atoms with Gasteiger partial charge in [-0.2, -0.15) is 13.2 Å². The Balaban J connectivity index is 1.89. The monoisotopic (exact) mass is 422 g/mol. The molecule has 2 rings (SSSR count). The van der Waals surface area contributed by atoms with Gasteiger partial charge in [0.05, 0.1) is 6.54 Å². The van der Waals surface area contributed by atoms with Gasteiger partial charge in [0, 0.05) is 19.6 Å². The zero-order valence-electron chi connectivity index (χ0n) is 17.6. The summed E-state index contributed by atoms with van der Waals surface area (Å²) in [5.74, 6) is 0.857. The van der Waals surface area contributed by atoms with Crippen molar-refractivity contribution in [3.8, 4) is 5.75 Å². The molecule has 2 aromatic rings. The Morgan fingerprint density at radius 3 is 2.10 bits per heavy atom. The average molecular weight is 422 g/mol. The number of rotatable bonds is 9. The van der Waals surface area contributed by atoms with Gasteiger partial charge in [-0.25, -0.2) is 4.99 Å². The van der Waals surface area contributed by atoms with Gasteiger partial charge in [0.15, 0.2) is 12.6 Å². The first kappa shape index (κ1) is 23.5. The Morgan fingerprint density at radius 1 is 0.933 bits per heavy atom. The zero-order chi connectivity index (χ0) is 22.0. The molecule has 0 fully saturated rings. The molecule has 0 aliphatic carbocycles. The summed E-state index contributed by atoms with van der Waals surface area (Å²) in [6.07, 6.45) is -4.35. The molecule has 0 aliphatic rings. The maximum Gasteiger partial charge on any atom is 0.422 e. The average Bonchev–Trinajstić information content (AvgIpc) is 2.69. The second-order valence-corrected chi connectivity index (χ2v) is 7.15. The summed E-state index contributed by atoms with van der Waals surface area (Å²) < 4.78 is 41.3. The fourth-order valence-corrected chi connectivity index (χ4v) is 2.68. The summed E-state index contributed by atoms with van der Waals surface area (Å²) >= 11 is 0. The molecule has 8 heteroatoms. The molecular weight excluding hydrogens is 393 g/mol. The van der Waals surface area contributed by atoms with Gasteiger partial charge in [-0.15, -0.1) is 0 Å². The molecule has 0 aromatic heterocycles. The van der Waals surface area contributed by atoms with E-state index in [0.717, 1.165) is 24.2 Å². The highest BCUT2D eigenvalue weighted by Crippen LogP contribution is 2.19. The number of nitrogens with one attached hydrogen (secondary N) is 2. The first-order valence-corrected chi connectivity index (χ1v) is 9.78. The lowest BCUT2D eigenvalue weighted by molar-refractivity contribution is -0.153. The summed E-state index contributed by atoms with van der Waals surface area (Å²) in [7, 11) is 4.08. The first-order valence-electron chi connectivity index (χ1n) is 9.78. The maximum absolute atomic E-state index is 12.2. The minimum Gasteiger partial charge on any atom is -0.484 e. The zero-order valence-corrected chi connectivity index (χ0v) is 17.6. The largest absolute Gasteiger partial charge is 0.484 e. The summed E-state index contributed by atoms with van der Waals surface area (Å²) in [6, 6.07) is 14.9. The van der Waals surface area contributed by atoms with Crippen molar-refractivity contribution >= 4 is 5.96 Å². The third kappa shape index (κ3) is 9.17. The van der Waals surface area contributed by atoms with Gasteiger partial charge in [0.25, 0.3) is 0 Å². The van der Waals surface area contributed by atoms with E-state index in [1.165, 1.54) is 17.7 Å². The van der Waals surface area contributed by atoms with E-state index < -0.39 is 12.8 Å². The van der Waals surface area contributed by atoms with Gasteiger partial charge < -0.3 is 20.3 Å². The van der Waals surface area contributed by atoms with Crippen LogP contribution in [0.3, 0.4) is 0 Å². The predicted molar refractivity (Wildman–Crippen MR) is 113 cm³/mol. The van der Waals surface area contributed by atoms with Crippen LogP contribution in [0.25, 0.3) is 0 Å². The van der Waals surface area contributed by atoms with Crippen molar-refractivity contribution in [3.63, 3.8) is 0 Å². The van der Waals surface area contributed by atoms with Crippen LogP contribution >= 0.6 is 0 Å². The van der Waals surface area contributed by atoms with Crippen molar-refractivity contribution in [1.82, 2.24) is 15.5 Å². The Bertz CT molecular complexity index is 788. The van der Waals surface area contributed by atoms with Crippen LogP contribution in [0, 0.1) is 0 Å². The summed E-state index contributed by atoms with van der Waals surface area (Å²) in [5, 5.41) is 6.49. The van der Waals surface area contributed by atoms with Crippen molar-refractivity contribution < 1.29 is 17.9 Å². The Morgan fingerprint density at radius 2 is 1.53 bits per heavy atom. The summed E-state index contributed by atoms with van der Waals surface area (Å²) in [4.78, 5) is 6.66. The minimum atomic E-state index is -4.35. The minimum absolute atomic E-state index is 0.183. The van der Waals surface area contributed by atoms with Crippen molar-refractivity contribution in [2.24, 2.45) is 4.99 Å². The molecular formula is C22H29F3N4O. The van der Waals surface area contributed by atoms with Crippen LogP contribution in [0.2, 0.25) is 0 Å². The molecule has 0 saturated heterocycles. The Hall–Kier alpha value is -2.74. The van der Waals surface area contributed by atoms with E-state index in [4.69, 9.17) is 4.74 Å². The molecule has 0 heterocycles. The van der Waals surface area contributed by atoms with E-state index in [1.807, 2.05) is 21.0 Å². The molecule has 2 aromatic carbocycles. The molecule has 0 aliphatic heterocycles. The van der Waals surface area contributed by atoms with Crippen molar-refractivity contribution in [3.05, 3.63) is 65.2 Å². The van der Waals surface area contributed by atoms with Crippen LogP contribution < -0.4 is 15.4 Å². The van der Waals surface area contributed by atoms with Crippen LogP contribution in [-0.4, -0.2) is 44.3 Å². The number of ether oxygens (including phenoxy) is 1. The number of aliphatic imine (C=N–C) groups is 1. The number of guanidine groups is 1. The van der Waals surface area contributed by atoms with E-state index in [-0.39, 0.29) is 5.75 Å². The topological polar surface area (TPSA) is 48.9 Å². The summed E-state index contributed by atoms with van der Waals surface area (Å²) in [5.41, 5.74) is 3.28. The Labute approximate surface area is 176 Å². The fourth-order valence-electron chi connectivity index (χ4n) is 2.68. The highest BCUT2D eigenvalue weighted by atomic mass is 19.4. The van der Waals surface area contributed by atoms with E-state index in [2.05, 4.69) is 44.8 Å². The Kier molecular flexibility index (Phi) is 8.98.